The Balaban J connectivity index is 2.95. The number of hydrogen-bond acceptors (Lipinski definition) is 5. The molecule has 3 N–H and O–H groups in total. The highest BCUT2D eigenvalue weighted by Gasteiger charge is 2.22. The maximum absolute atomic E-state index is 11.5. The van der Waals surface area contributed by atoms with E-state index in [1.165, 1.54) is 0 Å². The smallest absolute Gasteiger partial charge is 0.209 e. The Bertz CT molecular complexity index is 717. The maximum Gasteiger partial charge on any atom is 0.209 e. The quantitative estimate of drug-likeness (QED) is 0.442. The van der Waals surface area contributed by atoms with Gasteiger partial charge < -0.3 is 20.1 Å². The van der Waals surface area contributed by atoms with Crippen molar-refractivity contribution in [3.8, 4) is 11.5 Å². The van der Waals surface area contributed by atoms with Gasteiger partial charge in [0.25, 0.3) is 0 Å². The fourth-order valence-electron chi connectivity index (χ4n) is 2.28. The molecule has 0 aliphatic heterocycles. The Morgan fingerprint density at radius 1 is 1.23 bits per heavy atom. The van der Waals surface area contributed by atoms with Crippen molar-refractivity contribution in [1.29, 1.82) is 0 Å². The van der Waals surface area contributed by atoms with Crippen LogP contribution in [0.5, 0.6) is 11.5 Å². The van der Waals surface area contributed by atoms with Crippen LogP contribution in [0.3, 0.4) is 0 Å². The molecule has 0 heterocycles. The Hall–Kier alpha value is -2.00. The highest BCUT2D eigenvalue weighted by Crippen LogP contribution is 2.30. The zero-order chi connectivity index (χ0) is 19.8. The van der Waals surface area contributed by atoms with Crippen molar-refractivity contribution in [2.45, 2.75) is 33.2 Å². The molecular formula is C17H30N4O4S. The van der Waals surface area contributed by atoms with Crippen LogP contribution >= 0.6 is 0 Å². The third kappa shape index (κ3) is 7.92. The van der Waals surface area contributed by atoms with Gasteiger partial charge in [-0.25, -0.2) is 13.1 Å². The van der Waals surface area contributed by atoms with Gasteiger partial charge in [0.05, 0.1) is 26.5 Å². The Morgan fingerprint density at radius 3 is 2.46 bits per heavy atom. The summed E-state index contributed by atoms with van der Waals surface area (Å²) in [5.74, 6) is 1.83. The zero-order valence-corrected chi connectivity index (χ0v) is 17.2. The second-order valence-corrected chi connectivity index (χ2v) is 8.13. The summed E-state index contributed by atoms with van der Waals surface area (Å²) in [6, 6.07) is 5.50. The third-order valence-electron chi connectivity index (χ3n) is 3.16. The molecule has 148 valence electrons. The summed E-state index contributed by atoms with van der Waals surface area (Å²) in [7, 11) is -1.72. The molecule has 0 amide bonds. The number of aliphatic imine (C=N–C) groups is 1. The van der Waals surface area contributed by atoms with E-state index in [-0.39, 0.29) is 6.54 Å². The van der Waals surface area contributed by atoms with Gasteiger partial charge in [-0.2, -0.15) is 0 Å². The van der Waals surface area contributed by atoms with Crippen molar-refractivity contribution in [2.24, 2.45) is 4.99 Å². The number of methoxy groups -OCH3 is 1. The van der Waals surface area contributed by atoms with Crippen LogP contribution in [0.2, 0.25) is 0 Å². The molecule has 0 aliphatic rings. The van der Waals surface area contributed by atoms with Crippen molar-refractivity contribution >= 4 is 21.7 Å². The second-order valence-electron chi connectivity index (χ2n) is 6.38. The first-order valence-electron chi connectivity index (χ1n) is 8.45. The van der Waals surface area contributed by atoms with E-state index in [1.807, 2.05) is 32.0 Å². The topological polar surface area (TPSA) is 101 Å². The Morgan fingerprint density at radius 2 is 1.92 bits per heavy atom. The van der Waals surface area contributed by atoms with Crippen LogP contribution in [0.15, 0.2) is 23.2 Å². The van der Waals surface area contributed by atoms with Crippen molar-refractivity contribution in [3.63, 3.8) is 0 Å². The first-order valence-corrected chi connectivity index (χ1v) is 10.3. The van der Waals surface area contributed by atoms with Crippen LogP contribution in [0.4, 0.5) is 5.69 Å². The number of nitrogens with one attached hydrogen (secondary N) is 3. The lowest BCUT2D eigenvalue weighted by Crippen LogP contribution is -2.46. The molecule has 8 nitrogen and oxygen atoms in total. The van der Waals surface area contributed by atoms with E-state index in [2.05, 4.69) is 20.3 Å². The number of guanidine groups is 1. The summed E-state index contributed by atoms with van der Waals surface area (Å²) < 4.78 is 36.3. The minimum absolute atomic E-state index is 0.268. The molecule has 1 aromatic carbocycles. The Labute approximate surface area is 156 Å². The fourth-order valence-corrected chi connectivity index (χ4v) is 3.35. The first-order chi connectivity index (χ1) is 12.1. The summed E-state index contributed by atoms with van der Waals surface area (Å²) in [5.41, 5.74) is 0.0783. The van der Waals surface area contributed by atoms with E-state index in [1.54, 1.807) is 21.0 Å². The number of anilines is 1. The number of rotatable bonds is 9. The van der Waals surface area contributed by atoms with E-state index in [0.717, 1.165) is 11.9 Å². The average molecular weight is 387 g/mol. The summed E-state index contributed by atoms with van der Waals surface area (Å²) in [6.07, 6.45) is 1.13. The fraction of sp³-hybridized carbons (Fsp3) is 0.588. The van der Waals surface area contributed by atoms with Crippen molar-refractivity contribution in [1.82, 2.24) is 10.0 Å². The number of hydrogen-bond donors (Lipinski definition) is 3. The largest absolute Gasteiger partial charge is 0.493 e. The predicted octanol–water partition coefficient (Wildman–Crippen LogP) is 1.80. The highest BCUT2D eigenvalue weighted by atomic mass is 32.2. The Kier molecular flexibility index (Phi) is 8.16. The molecule has 0 atom stereocenters. The molecule has 0 bridgehead atoms. The van der Waals surface area contributed by atoms with Crippen LogP contribution in [-0.4, -0.2) is 53.0 Å². The van der Waals surface area contributed by atoms with Crippen LogP contribution < -0.4 is 24.8 Å². The molecule has 1 aromatic rings. The highest BCUT2D eigenvalue weighted by molar-refractivity contribution is 7.88. The standard InChI is InChI=1S/C17H30N4O4S/c1-7-18-16(19-12-17(3,4)21-26(6,22)23)20-13-9-10-14(24-5)15(11-13)25-8-2/h9-11,21H,7-8,12H2,1-6H3,(H2,18,19,20). The molecular weight excluding hydrogens is 356 g/mol. The molecule has 0 fully saturated rings. The lowest BCUT2D eigenvalue weighted by atomic mass is 10.1. The molecule has 0 spiro atoms. The SMILES string of the molecule is CCNC(=NCC(C)(C)NS(C)(=O)=O)Nc1ccc(OC)c(OCC)c1. The second kappa shape index (κ2) is 9.63. The number of ether oxygens (including phenoxy) is 2. The molecule has 0 saturated carbocycles. The third-order valence-corrected chi connectivity index (χ3v) is 4.09. The van der Waals surface area contributed by atoms with Gasteiger partial charge in [0, 0.05) is 23.8 Å². The lowest BCUT2D eigenvalue weighted by molar-refractivity contribution is 0.311. The molecule has 0 radical (unpaired) electrons. The molecule has 0 unspecified atom stereocenters. The van der Waals surface area contributed by atoms with E-state index in [9.17, 15) is 8.42 Å². The van der Waals surface area contributed by atoms with Gasteiger partial charge in [0.1, 0.15) is 0 Å². The summed E-state index contributed by atoms with van der Waals surface area (Å²) in [5, 5.41) is 6.33. The molecule has 1 rings (SSSR count). The normalized spacial score (nSPS) is 12.6. The summed E-state index contributed by atoms with van der Waals surface area (Å²) in [4.78, 5) is 4.48. The average Bonchev–Trinajstić information content (AvgIpc) is 2.51. The van der Waals surface area contributed by atoms with Crippen molar-refractivity contribution in [3.05, 3.63) is 18.2 Å². The van der Waals surface area contributed by atoms with Crippen LogP contribution in [0.1, 0.15) is 27.7 Å². The van der Waals surface area contributed by atoms with Gasteiger partial charge in [0.15, 0.2) is 17.5 Å². The maximum atomic E-state index is 11.5. The lowest BCUT2D eigenvalue weighted by Gasteiger charge is -2.23. The number of sulfonamides is 1. The molecule has 9 heteroatoms. The minimum Gasteiger partial charge on any atom is -0.493 e. The van der Waals surface area contributed by atoms with Crippen LogP contribution in [0, 0.1) is 0 Å². The first kappa shape index (κ1) is 22.0. The minimum atomic E-state index is -3.31. The molecule has 0 saturated heterocycles. The molecule has 0 aromatic heterocycles. The predicted molar refractivity (Wildman–Crippen MR) is 106 cm³/mol. The summed E-state index contributed by atoms with van der Waals surface area (Å²) in [6.45, 7) is 8.88. The van der Waals surface area contributed by atoms with E-state index in [4.69, 9.17) is 9.47 Å². The van der Waals surface area contributed by atoms with Gasteiger partial charge in [-0.3, -0.25) is 4.99 Å². The summed E-state index contributed by atoms with van der Waals surface area (Å²) >= 11 is 0. The van der Waals surface area contributed by atoms with E-state index in [0.29, 0.717) is 30.6 Å². The van der Waals surface area contributed by atoms with Crippen molar-refractivity contribution < 1.29 is 17.9 Å². The van der Waals surface area contributed by atoms with E-state index < -0.39 is 15.6 Å². The van der Waals surface area contributed by atoms with E-state index >= 15 is 0 Å². The van der Waals surface area contributed by atoms with Crippen molar-refractivity contribution in [2.75, 3.05) is 38.4 Å². The van der Waals surface area contributed by atoms with Gasteiger partial charge in [-0.05, 0) is 39.8 Å². The van der Waals surface area contributed by atoms with Gasteiger partial charge in [-0.15, -0.1) is 0 Å². The molecule has 0 aliphatic carbocycles. The monoisotopic (exact) mass is 386 g/mol. The van der Waals surface area contributed by atoms with Gasteiger partial charge >= 0.3 is 0 Å². The number of benzene rings is 1. The van der Waals surface area contributed by atoms with Crippen LogP contribution in [-0.2, 0) is 10.0 Å². The van der Waals surface area contributed by atoms with Gasteiger partial charge in [0.2, 0.25) is 10.0 Å². The van der Waals surface area contributed by atoms with Crippen LogP contribution in [0.25, 0.3) is 0 Å². The number of nitrogens with zero attached hydrogens (tertiary/aromatic N) is 1. The zero-order valence-electron chi connectivity index (χ0n) is 16.3. The molecule has 26 heavy (non-hydrogen) atoms. The van der Waals surface area contributed by atoms with Gasteiger partial charge in [-0.1, -0.05) is 0 Å².